The molecule has 1 atom stereocenters. The van der Waals surface area contributed by atoms with Crippen molar-refractivity contribution in [2.45, 2.75) is 51.6 Å². The van der Waals surface area contributed by atoms with Gasteiger partial charge in [-0.15, -0.1) is 0 Å². The monoisotopic (exact) mass is 751 g/mol. The van der Waals surface area contributed by atoms with Crippen LogP contribution in [0.4, 0.5) is 11.4 Å². The number of piperidine rings is 2. The van der Waals surface area contributed by atoms with Crippen molar-refractivity contribution in [3.05, 3.63) is 125 Å². The number of carbonyl (C=O) groups excluding carboxylic acids is 3. The number of nitrogens with one attached hydrogen (secondary N) is 1. The van der Waals surface area contributed by atoms with Crippen molar-refractivity contribution < 1.29 is 24.4 Å². The molecule has 3 fully saturated rings. The highest BCUT2D eigenvalue weighted by atomic mass is 16.4. The average Bonchev–Trinajstić information content (AvgIpc) is 3.55. The zero-order valence-corrected chi connectivity index (χ0v) is 32.1. The summed E-state index contributed by atoms with van der Waals surface area (Å²) in [4.78, 5) is 46.5. The van der Waals surface area contributed by atoms with Crippen LogP contribution in [0.1, 0.15) is 71.6 Å². The van der Waals surface area contributed by atoms with E-state index >= 15 is 0 Å². The van der Waals surface area contributed by atoms with Crippen LogP contribution < -0.4 is 20.6 Å². The lowest BCUT2D eigenvalue weighted by Crippen LogP contribution is -2.52. The van der Waals surface area contributed by atoms with Gasteiger partial charge in [0.25, 0.3) is 5.91 Å². The van der Waals surface area contributed by atoms with Crippen LogP contribution in [0, 0.1) is 5.92 Å². The predicted molar refractivity (Wildman–Crippen MR) is 221 cm³/mol. The van der Waals surface area contributed by atoms with E-state index in [0.717, 1.165) is 93.0 Å². The first-order chi connectivity index (χ1) is 27.2. The third kappa shape index (κ3) is 7.89. The molecule has 1 unspecified atom stereocenters. The number of hydrogen-bond acceptors (Lipinski definition) is 8. The van der Waals surface area contributed by atoms with Crippen LogP contribution in [0.2, 0.25) is 0 Å². The number of nitrogens with zero attached hydrogens (tertiary/aromatic N) is 4. The van der Waals surface area contributed by atoms with Crippen LogP contribution in [0.3, 0.4) is 0 Å². The Kier molecular flexibility index (Phi) is 11.1. The van der Waals surface area contributed by atoms with Gasteiger partial charge in [-0.3, -0.25) is 24.6 Å². The number of imide groups is 1. The number of hydrogen-bond donors (Lipinski definition) is 3. The van der Waals surface area contributed by atoms with Crippen LogP contribution in [-0.2, 0) is 16.1 Å². The van der Waals surface area contributed by atoms with Gasteiger partial charge >= 0.3 is 7.12 Å². The van der Waals surface area contributed by atoms with Gasteiger partial charge in [-0.1, -0.05) is 79.7 Å². The van der Waals surface area contributed by atoms with Crippen LogP contribution in [-0.4, -0.2) is 96.5 Å². The smallest absolute Gasteiger partial charge is 0.423 e. The minimum absolute atomic E-state index is 0.125. The van der Waals surface area contributed by atoms with E-state index in [1.807, 2.05) is 30.3 Å². The van der Waals surface area contributed by atoms with E-state index in [-0.39, 0.29) is 24.1 Å². The standard InChI is InChI=1S/C45H50BN5O5/c1-2-39(32-6-4-3-5-7-32)43(33-8-13-36(14-9-33)46(55)56)34-10-15-37(16-11-34)49-22-20-31(21-23-49)29-48-24-26-50(27-25-48)38-17-12-35-30-51(45(54)40(35)28-38)41-18-19-42(52)47-44(41)53/h3-17,28,31,41,55-56H,2,18-27,29-30H2,1H3,(H,47,52,53)/b43-39+. The Morgan fingerprint density at radius 2 is 1.38 bits per heavy atom. The fourth-order valence-electron chi connectivity index (χ4n) is 9.01. The molecule has 0 aliphatic carbocycles. The Labute approximate surface area is 329 Å². The molecule has 4 aromatic rings. The average molecular weight is 752 g/mol. The van der Waals surface area contributed by atoms with Gasteiger partial charge in [0.1, 0.15) is 6.04 Å². The quantitative estimate of drug-likeness (QED) is 0.123. The second kappa shape index (κ2) is 16.5. The Hall–Kier alpha value is -5.23. The summed E-state index contributed by atoms with van der Waals surface area (Å²) in [5, 5.41) is 21.8. The Bertz CT molecular complexity index is 2090. The van der Waals surface area contributed by atoms with E-state index in [2.05, 4.69) is 81.5 Å². The molecule has 3 amide bonds. The summed E-state index contributed by atoms with van der Waals surface area (Å²) in [6.45, 7) is 9.52. The molecule has 0 aromatic heterocycles. The number of piperazine rings is 1. The van der Waals surface area contributed by atoms with Crippen molar-refractivity contribution >= 4 is 52.8 Å². The van der Waals surface area contributed by atoms with E-state index in [1.165, 1.54) is 16.8 Å². The number of fused-ring (bicyclic) bond motifs is 1. The van der Waals surface area contributed by atoms with Gasteiger partial charge < -0.3 is 24.7 Å². The summed E-state index contributed by atoms with van der Waals surface area (Å²) in [6, 6.07) is 32.5. The lowest BCUT2D eigenvalue weighted by atomic mass is 9.79. The summed E-state index contributed by atoms with van der Waals surface area (Å²) >= 11 is 0. The number of allylic oxidation sites excluding steroid dienone is 1. The molecular formula is C45H50BN5O5. The van der Waals surface area contributed by atoms with Gasteiger partial charge in [-0.2, -0.15) is 0 Å². The molecule has 11 heteroatoms. The summed E-state index contributed by atoms with van der Waals surface area (Å²) in [7, 11) is -1.50. The zero-order chi connectivity index (χ0) is 38.8. The van der Waals surface area contributed by atoms with E-state index in [9.17, 15) is 24.4 Å². The molecule has 56 heavy (non-hydrogen) atoms. The zero-order valence-electron chi connectivity index (χ0n) is 32.1. The first-order valence-electron chi connectivity index (χ1n) is 20.1. The summed E-state index contributed by atoms with van der Waals surface area (Å²) < 4.78 is 0. The van der Waals surface area contributed by atoms with Gasteiger partial charge in [0.05, 0.1) is 0 Å². The van der Waals surface area contributed by atoms with Crippen LogP contribution in [0.15, 0.2) is 97.1 Å². The Balaban J connectivity index is 0.859. The maximum absolute atomic E-state index is 13.4. The normalized spacial score (nSPS) is 19.9. The Morgan fingerprint density at radius 3 is 2.02 bits per heavy atom. The summed E-state index contributed by atoms with van der Waals surface area (Å²) in [6.07, 6.45) is 3.79. The third-order valence-electron chi connectivity index (χ3n) is 12.2. The molecule has 0 bridgehead atoms. The second-order valence-electron chi connectivity index (χ2n) is 15.6. The lowest BCUT2D eigenvalue weighted by Gasteiger charge is -2.40. The fraction of sp³-hybridized carbons (Fsp3) is 0.356. The first kappa shape index (κ1) is 37.7. The molecule has 4 aliphatic rings. The molecule has 8 rings (SSSR count). The molecule has 3 N–H and O–H groups in total. The maximum atomic E-state index is 13.4. The minimum atomic E-state index is -1.50. The van der Waals surface area contributed by atoms with Crippen molar-refractivity contribution in [3.8, 4) is 0 Å². The molecular weight excluding hydrogens is 701 g/mol. The fourth-order valence-corrected chi connectivity index (χ4v) is 9.01. The summed E-state index contributed by atoms with van der Waals surface area (Å²) in [5.74, 6) is -0.123. The van der Waals surface area contributed by atoms with E-state index < -0.39 is 13.2 Å². The molecule has 4 heterocycles. The molecule has 288 valence electrons. The Morgan fingerprint density at radius 1 is 0.732 bits per heavy atom. The number of carbonyl (C=O) groups is 3. The van der Waals surface area contributed by atoms with Gasteiger partial charge in [-0.05, 0) is 94.7 Å². The molecule has 4 aliphatic heterocycles. The minimum Gasteiger partial charge on any atom is -0.423 e. The van der Waals surface area contributed by atoms with Crippen molar-refractivity contribution in [3.63, 3.8) is 0 Å². The summed E-state index contributed by atoms with van der Waals surface area (Å²) in [5.41, 5.74) is 10.1. The van der Waals surface area contributed by atoms with Gasteiger partial charge in [0.15, 0.2) is 0 Å². The van der Waals surface area contributed by atoms with Gasteiger partial charge in [-0.25, -0.2) is 0 Å². The predicted octanol–water partition coefficient (Wildman–Crippen LogP) is 4.54. The molecule has 10 nitrogen and oxygen atoms in total. The number of rotatable bonds is 10. The van der Waals surface area contributed by atoms with Crippen molar-refractivity contribution in [2.24, 2.45) is 5.92 Å². The molecule has 0 saturated carbocycles. The third-order valence-corrected chi connectivity index (χ3v) is 12.2. The number of benzene rings is 4. The SMILES string of the molecule is CC/C(=C(/c1ccc(B(O)O)cc1)c1ccc(N2CCC(CN3CCN(c4ccc5c(c4)C(=O)N(C4CCC(=O)NC4=O)C5)CC3)CC2)cc1)c1ccccc1. The van der Waals surface area contributed by atoms with Crippen molar-refractivity contribution in [2.75, 3.05) is 55.6 Å². The van der Waals surface area contributed by atoms with E-state index in [1.54, 1.807) is 17.0 Å². The maximum Gasteiger partial charge on any atom is 0.488 e. The lowest BCUT2D eigenvalue weighted by molar-refractivity contribution is -0.136. The van der Waals surface area contributed by atoms with Crippen LogP contribution in [0.5, 0.6) is 0 Å². The molecule has 0 radical (unpaired) electrons. The number of anilines is 2. The molecule has 4 aromatic carbocycles. The van der Waals surface area contributed by atoms with Gasteiger partial charge in [0, 0.05) is 75.7 Å². The van der Waals surface area contributed by atoms with E-state index in [0.29, 0.717) is 29.9 Å². The molecule has 0 spiro atoms. The highest BCUT2D eigenvalue weighted by Gasteiger charge is 2.39. The molecule has 3 saturated heterocycles. The number of amides is 3. The van der Waals surface area contributed by atoms with Gasteiger partial charge in [0.2, 0.25) is 11.8 Å². The first-order valence-corrected chi connectivity index (χ1v) is 20.1. The topological polar surface area (TPSA) is 117 Å². The van der Waals surface area contributed by atoms with Crippen LogP contribution >= 0.6 is 0 Å². The highest BCUT2D eigenvalue weighted by molar-refractivity contribution is 6.58. The highest BCUT2D eigenvalue weighted by Crippen LogP contribution is 2.36. The second-order valence-corrected chi connectivity index (χ2v) is 15.6. The van der Waals surface area contributed by atoms with Crippen molar-refractivity contribution in [1.82, 2.24) is 15.1 Å². The largest absolute Gasteiger partial charge is 0.488 e. The van der Waals surface area contributed by atoms with Crippen molar-refractivity contribution in [1.29, 1.82) is 0 Å². The van der Waals surface area contributed by atoms with Crippen LogP contribution in [0.25, 0.3) is 11.1 Å². The van der Waals surface area contributed by atoms with E-state index in [4.69, 9.17) is 0 Å².